The molecule has 0 aliphatic carbocycles. The maximum Gasteiger partial charge on any atom is 0.248 e. The number of amides is 1. The van der Waals surface area contributed by atoms with E-state index in [1.54, 1.807) is 24.3 Å². The number of benzene rings is 2. The summed E-state index contributed by atoms with van der Waals surface area (Å²) in [5.41, 5.74) is 4.97. The first-order valence-electron chi connectivity index (χ1n) is 6.05. The van der Waals surface area contributed by atoms with Crippen molar-refractivity contribution in [2.75, 3.05) is 6.61 Å². The Morgan fingerprint density at radius 3 is 2.15 bits per heavy atom. The second-order valence-electron chi connectivity index (χ2n) is 4.14. The predicted octanol–water partition coefficient (Wildman–Crippen LogP) is 3.13. The van der Waals surface area contributed by atoms with E-state index in [4.69, 9.17) is 10.5 Å². The molecule has 2 rings (SSSR count). The summed E-state index contributed by atoms with van der Waals surface area (Å²) in [6, 6.07) is 8.21. The van der Waals surface area contributed by atoms with E-state index in [2.05, 4.69) is 0 Å². The van der Waals surface area contributed by atoms with Gasteiger partial charge in [0, 0.05) is 5.56 Å². The lowest BCUT2D eigenvalue weighted by Crippen LogP contribution is -2.12. The van der Waals surface area contributed by atoms with Gasteiger partial charge in [0.05, 0.1) is 12.2 Å². The smallest absolute Gasteiger partial charge is 0.248 e. The fraction of sp³-hybridized carbons (Fsp3) is 0.133. The maximum absolute atomic E-state index is 13.9. The van der Waals surface area contributed by atoms with Crippen molar-refractivity contribution in [2.24, 2.45) is 5.73 Å². The standard InChI is InChI=1S/C15H13F2NO2/c1-2-20-11-5-3-9(4-6-11)14-12(16)7-10(15(18)19)8-13(14)17/h3-8H,2H2,1H3,(H2,18,19). The molecule has 0 spiro atoms. The van der Waals surface area contributed by atoms with Crippen LogP contribution in [0.3, 0.4) is 0 Å². The molecule has 1 amide bonds. The van der Waals surface area contributed by atoms with Gasteiger partial charge in [-0.1, -0.05) is 12.1 Å². The van der Waals surface area contributed by atoms with Crippen LogP contribution in [0.2, 0.25) is 0 Å². The second kappa shape index (κ2) is 5.69. The predicted molar refractivity (Wildman–Crippen MR) is 71.5 cm³/mol. The SMILES string of the molecule is CCOc1ccc(-c2c(F)cc(C(N)=O)cc2F)cc1. The van der Waals surface area contributed by atoms with Crippen molar-refractivity contribution >= 4 is 5.91 Å². The lowest BCUT2D eigenvalue weighted by Gasteiger charge is -2.08. The molecule has 2 aromatic rings. The lowest BCUT2D eigenvalue weighted by molar-refractivity contribution is 0.0999. The van der Waals surface area contributed by atoms with Crippen LogP contribution >= 0.6 is 0 Å². The average molecular weight is 277 g/mol. The summed E-state index contributed by atoms with van der Waals surface area (Å²) >= 11 is 0. The summed E-state index contributed by atoms with van der Waals surface area (Å²) in [5, 5.41) is 0. The minimum atomic E-state index is -0.874. The van der Waals surface area contributed by atoms with Gasteiger partial charge in [0.2, 0.25) is 5.91 Å². The van der Waals surface area contributed by atoms with Crippen molar-refractivity contribution in [1.82, 2.24) is 0 Å². The van der Waals surface area contributed by atoms with Gasteiger partial charge in [0.1, 0.15) is 17.4 Å². The Kier molecular flexibility index (Phi) is 3.98. The van der Waals surface area contributed by atoms with E-state index < -0.39 is 17.5 Å². The molecule has 20 heavy (non-hydrogen) atoms. The number of hydrogen-bond acceptors (Lipinski definition) is 2. The molecule has 0 atom stereocenters. The Morgan fingerprint density at radius 2 is 1.70 bits per heavy atom. The highest BCUT2D eigenvalue weighted by Crippen LogP contribution is 2.28. The van der Waals surface area contributed by atoms with Crippen molar-refractivity contribution < 1.29 is 18.3 Å². The third-order valence-electron chi connectivity index (χ3n) is 2.78. The number of ether oxygens (including phenoxy) is 1. The normalized spacial score (nSPS) is 10.3. The van der Waals surface area contributed by atoms with Crippen LogP contribution in [0.1, 0.15) is 17.3 Å². The second-order valence-corrected chi connectivity index (χ2v) is 4.14. The molecular weight excluding hydrogens is 264 g/mol. The summed E-state index contributed by atoms with van der Waals surface area (Å²) in [5.74, 6) is -1.92. The molecule has 3 nitrogen and oxygen atoms in total. The molecule has 0 saturated heterocycles. The van der Waals surface area contributed by atoms with E-state index in [1.807, 2.05) is 6.92 Å². The van der Waals surface area contributed by atoms with E-state index in [0.29, 0.717) is 17.9 Å². The maximum atomic E-state index is 13.9. The van der Waals surface area contributed by atoms with Gasteiger partial charge in [-0.15, -0.1) is 0 Å². The molecule has 0 heterocycles. The quantitative estimate of drug-likeness (QED) is 0.933. The van der Waals surface area contributed by atoms with E-state index in [-0.39, 0.29) is 11.1 Å². The number of rotatable bonds is 4. The zero-order valence-corrected chi connectivity index (χ0v) is 10.8. The Bertz CT molecular complexity index is 616. The van der Waals surface area contributed by atoms with Gasteiger partial charge >= 0.3 is 0 Å². The number of carbonyl (C=O) groups excluding carboxylic acids is 1. The van der Waals surface area contributed by atoms with Crippen LogP contribution < -0.4 is 10.5 Å². The topological polar surface area (TPSA) is 52.3 Å². The van der Waals surface area contributed by atoms with Gasteiger partial charge in [-0.05, 0) is 36.8 Å². The first kappa shape index (κ1) is 14.0. The van der Waals surface area contributed by atoms with Crippen molar-refractivity contribution in [3.05, 3.63) is 53.6 Å². The van der Waals surface area contributed by atoms with Crippen LogP contribution in [0.25, 0.3) is 11.1 Å². The number of hydrogen-bond donors (Lipinski definition) is 1. The van der Waals surface area contributed by atoms with Crippen molar-refractivity contribution in [2.45, 2.75) is 6.92 Å². The van der Waals surface area contributed by atoms with Gasteiger partial charge in [-0.3, -0.25) is 4.79 Å². The molecule has 0 unspecified atom stereocenters. The summed E-state index contributed by atoms with van der Waals surface area (Å²) in [7, 11) is 0. The average Bonchev–Trinajstić information content (AvgIpc) is 2.40. The fourth-order valence-electron chi connectivity index (χ4n) is 1.88. The summed E-state index contributed by atoms with van der Waals surface area (Å²) < 4.78 is 33.1. The van der Waals surface area contributed by atoms with Crippen LogP contribution in [0, 0.1) is 11.6 Å². The molecule has 0 saturated carbocycles. The largest absolute Gasteiger partial charge is 0.494 e. The highest BCUT2D eigenvalue weighted by molar-refractivity contribution is 5.93. The van der Waals surface area contributed by atoms with Crippen LogP contribution in [0.15, 0.2) is 36.4 Å². The van der Waals surface area contributed by atoms with Crippen LogP contribution in [-0.2, 0) is 0 Å². The van der Waals surface area contributed by atoms with Gasteiger partial charge in [0.25, 0.3) is 0 Å². The zero-order valence-electron chi connectivity index (χ0n) is 10.8. The molecule has 0 radical (unpaired) electrons. The van der Waals surface area contributed by atoms with Crippen molar-refractivity contribution in [3.8, 4) is 16.9 Å². The molecule has 104 valence electrons. The third-order valence-corrected chi connectivity index (χ3v) is 2.78. The molecule has 0 aromatic heterocycles. The zero-order chi connectivity index (χ0) is 14.7. The van der Waals surface area contributed by atoms with Crippen LogP contribution in [0.4, 0.5) is 8.78 Å². The summed E-state index contributed by atoms with van der Waals surface area (Å²) in [4.78, 5) is 10.9. The molecule has 0 bridgehead atoms. The molecule has 0 aliphatic heterocycles. The van der Waals surface area contributed by atoms with Gasteiger partial charge < -0.3 is 10.5 Å². The fourth-order valence-corrected chi connectivity index (χ4v) is 1.88. The van der Waals surface area contributed by atoms with Gasteiger partial charge in [-0.25, -0.2) is 8.78 Å². The Hall–Kier alpha value is -2.43. The van der Waals surface area contributed by atoms with E-state index in [1.165, 1.54) is 0 Å². The molecule has 0 fully saturated rings. The third kappa shape index (κ3) is 2.77. The number of nitrogens with two attached hydrogens (primary N) is 1. The minimum absolute atomic E-state index is 0.196. The molecular formula is C15H13F2NO2. The highest BCUT2D eigenvalue weighted by atomic mass is 19.1. The number of halogens is 2. The van der Waals surface area contributed by atoms with Crippen LogP contribution in [0.5, 0.6) is 5.75 Å². The summed E-state index contributed by atoms with van der Waals surface area (Å²) in [6.07, 6.45) is 0. The van der Waals surface area contributed by atoms with E-state index in [0.717, 1.165) is 12.1 Å². The van der Waals surface area contributed by atoms with E-state index in [9.17, 15) is 13.6 Å². The first-order valence-corrected chi connectivity index (χ1v) is 6.05. The lowest BCUT2D eigenvalue weighted by atomic mass is 10.0. The van der Waals surface area contributed by atoms with Gasteiger partial charge in [-0.2, -0.15) is 0 Å². The molecule has 0 aliphatic rings. The van der Waals surface area contributed by atoms with Crippen molar-refractivity contribution in [1.29, 1.82) is 0 Å². The Morgan fingerprint density at radius 1 is 1.15 bits per heavy atom. The van der Waals surface area contributed by atoms with Crippen LogP contribution in [-0.4, -0.2) is 12.5 Å². The first-order chi connectivity index (χ1) is 9.52. The highest BCUT2D eigenvalue weighted by Gasteiger charge is 2.15. The molecule has 2 N–H and O–H groups in total. The Balaban J connectivity index is 2.44. The summed E-state index contributed by atoms with van der Waals surface area (Å²) in [6.45, 7) is 2.35. The minimum Gasteiger partial charge on any atom is -0.494 e. The van der Waals surface area contributed by atoms with Crippen molar-refractivity contribution in [3.63, 3.8) is 0 Å². The number of primary amides is 1. The number of carbonyl (C=O) groups is 1. The van der Waals surface area contributed by atoms with Gasteiger partial charge in [0.15, 0.2) is 0 Å². The molecule has 5 heteroatoms. The Labute approximate surface area is 115 Å². The monoisotopic (exact) mass is 277 g/mol. The van der Waals surface area contributed by atoms with E-state index >= 15 is 0 Å². The molecule has 2 aromatic carbocycles.